The Morgan fingerprint density at radius 3 is 2.42 bits per heavy atom. The van der Waals surface area contributed by atoms with Crippen LogP contribution in [0.4, 0.5) is 0 Å². The van der Waals surface area contributed by atoms with Gasteiger partial charge in [-0.05, 0) is 26.2 Å². The number of hydrogen-bond donors (Lipinski definition) is 0. The molecular weight excluding hydrogens is 238 g/mol. The number of carbonyl (C=O) groups is 1. The van der Waals surface area contributed by atoms with Gasteiger partial charge in [0.2, 0.25) is 5.91 Å². The Kier molecular flexibility index (Phi) is 5.58. The maximum absolute atomic E-state index is 12.2. The quantitative estimate of drug-likeness (QED) is 0.793. The first-order valence-electron chi connectivity index (χ1n) is 7.13. The van der Waals surface area contributed by atoms with Crippen molar-refractivity contribution in [1.82, 2.24) is 14.7 Å². The number of carbonyl (C=O) groups excluding carboxylic acids is 1. The summed E-state index contributed by atoms with van der Waals surface area (Å²) in [7, 11) is 1.95. The van der Waals surface area contributed by atoms with Gasteiger partial charge in [-0.3, -0.25) is 9.48 Å². The highest BCUT2D eigenvalue weighted by molar-refractivity contribution is 5.76. The second-order valence-corrected chi connectivity index (χ2v) is 5.69. The Hall–Kier alpha value is -1.32. The molecule has 108 valence electrons. The minimum Gasteiger partial charge on any atom is -0.338 e. The molecule has 0 N–H and O–H groups in total. The van der Waals surface area contributed by atoms with Crippen molar-refractivity contribution in [3.63, 3.8) is 0 Å². The van der Waals surface area contributed by atoms with Crippen LogP contribution in [-0.2, 0) is 18.4 Å². The zero-order valence-electron chi connectivity index (χ0n) is 13.2. The molecule has 0 atom stereocenters. The summed E-state index contributed by atoms with van der Waals surface area (Å²) in [5.41, 5.74) is 3.36. The molecule has 0 aliphatic rings. The molecule has 0 saturated carbocycles. The van der Waals surface area contributed by atoms with Crippen molar-refractivity contribution in [2.45, 2.75) is 54.0 Å². The smallest absolute Gasteiger partial charge is 0.222 e. The Bertz CT molecular complexity index is 435. The molecule has 0 bridgehead atoms. The lowest BCUT2D eigenvalue weighted by molar-refractivity contribution is -0.132. The second kappa shape index (κ2) is 6.73. The van der Waals surface area contributed by atoms with Crippen LogP contribution in [0.5, 0.6) is 0 Å². The summed E-state index contributed by atoms with van der Waals surface area (Å²) in [6.45, 7) is 11.9. The van der Waals surface area contributed by atoms with E-state index >= 15 is 0 Å². The molecular formula is C15H27N3O. The van der Waals surface area contributed by atoms with Gasteiger partial charge in [0.1, 0.15) is 0 Å². The lowest BCUT2D eigenvalue weighted by Gasteiger charge is -2.25. The first kappa shape index (κ1) is 15.7. The van der Waals surface area contributed by atoms with Crippen molar-refractivity contribution in [1.29, 1.82) is 0 Å². The van der Waals surface area contributed by atoms with Crippen LogP contribution in [0.2, 0.25) is 0 Å². The molecule has 1 aromatic rings. The number of nitrogens with zero attached hydrogens (tertiary/aromatic N) is 3. The highest BCUT2D eigenvalue weighted by Gasteiger charge is 2.18. The van der Waals surface area contributed by atoms with Gasteiger partial charge >= 0.3 is 0 Å². The van der Waals surface area contributed by atoms with Gasteiger partial charge in [0, 0.05) is 37.8 Å². The minimum atomic E-state index is 0.249. The van der Waals surface area contributed by atoms with Gasteiger partial charge in [-0.1, -0.05) is 20.8 Å². The molecule has 1 aromatic heterocycles. The molecule has 4 nitrogen and oxygen atoms in total. The van der Waals surface area contributed by atoms with Gasteiger partial charge in [0.15, 0.2) is 0 Å². The molecule has 0 unspecified atom stereocenters. The lowest BCUT2D eigenvalue weighted by atomic mass is 10.1. The SMILES string of the molecule is CCCC(=O)N(Cc1c(C)nn(C)c1C)CC(C)C. The maximum Gasteiger partial charge on any atom is 0.222 e. The van der Waals surface area contributed by atoms with E-state index in [9.17, 15) is 4.79 Å². The summed E-state index contributed by atoms with van der Waals surface area (Å²) < 4.78 is 1.89. The average molecular weight is 265 g/mol. The Balaban J connectivity index is 2.90. The number of hydrogen-bond acceptors (Lipinski definition) is 2. The Morgan fingerprint density at radius 1 is 1.37 bits per heavy atom. The summed E-state index contributed by atoms with van der Waals surface area (Å²) in [5.74, 6) is 0.733. The second-order valence-electron chi connectivity index (χ2n) is 5.69. The molecule has 0 fully saturated rings. The number of rotatable bonds is 6. The number of aryl methyl sites for hydroxylation is 2. The monoisotopic (exact) mass is 265 g/mol. The highest BCUT2D eigenvalue weighted by Crippen LogP contribution is 2.16. The first-order chi connectivity index (χ1) is 8.86. The fourth-order valence-corrected chi connectivity index (χ4v) is 2.30. The molecule has 0 spiro atoms. The van der Waals surface area contributed by atoms with Crippen LogP contribution < -0.4 is 0 Å². The van der Waals surface area contributed by atoms with Crippen LogP contribution in [0.3, 0.4) is 0 Å². The average Bonchev–Trinajstić information content (AvgIpc) is 2.54. The largest absolute Gasteiger partial charge is 0.338 e. The molecule has 19 heavy (non-hydrogen) atoms. The molecule has 0 aliphatic carbocycles. The molecule has 1 amide bonds. The van der Waals surface area contributed by atoms with Crippen LogP contribution in [0, 0.1) is 19.8 Å². The van der Waals surface area contributed by atoms with Crippen molar-refractivity contribution in [2.75, 3.05) is 6.54 Å². The first-order valence-corrected chi connectivity index (χ1v) is 7.13. The minimum absolute atomic E-state index is 0.249. The normalized spacial score (nSPS) is 11.1. The van der Waals surface area contributed by atoms with E-state index in [1.54, 1.807) is 0 Å². The molecule has 0 saturated heterocycles. The van der Waals surface area contributed by atoms with Crippen LogP contribution in [0.15, 0.2) is 0 Å². The van der Waals surface area contributed by atoms with Crippen molar-refractivity contribution < 1.29 is 4.79 Å². The van der Waals surface area contributed by atoms with E-state index < -0.39 is 0 Å². The van der Waals surface area contributed by atoms with Gasteiger partial charge in [-0.25, -0.2) is 0 Å². The van der Waals surface area contributed by atoms with E-state index in [-0.39, 0.29) is 5.91 Å². The van der Waals surface area contributed by atoms with Crippen molar-refractivity contribution in [2.24, 2.45) is 13.0 Å². The summed E-state index contributed by atoms with van der Waals surface area (Å²) in [6, 6.07) is 0. The van der Waals surface area contributed by atoms with E-state index in [2.05, 4.69) is 25.9 Å². The van der Waals surface area contributed by atoms with E-state index in [4.69, 9.17) is 0 Å². The van der Waals surface area contributed by atoms with Crippen molar-refractivity contribution in [3.05, 3.63) is 17.0 Å². The van der Waals surface area contributed by atoms with Crippen molar-refractivity contribution >= 4 is 5.91 Å². The third kappa shape index (κ3) is 4.08. The van der Waals surface area contributed by atoms with Gasteiger partial charge in [0.25, 0.3) is 0 Å². The van der Waals surface area contributed by atoms with Crippen LogP contribution >= 0.6 is 0 Å². The van der Waals surface area contributed by atoms with Crippen molar-refractivity contribution in [3.8, 4) is 0 Å². The van der Waals surface area contributed by atoms with E-state index in [0.717, 1.165) is 24.4 Å². The van der Waals surface area contributed by atoms with Gasteiger partial charge in [0.05, 0.1) is 5.69 Å². The molecule has 0 radical (unpaired) electrons. The third-order valence-electron chi connectivity index (χ3n) is 3.41. The van der Waals surface area contributed by atoms with Crippen LogP contribution in [-0.4, -0.2) is 27.1 Å². The van der Waals surface area contributed by atoms with Gasteiger partial charge < -0.3 is 4.90 Å². The van der Waals surface area contributed by atoms with Crippen LogP contribution in [0.25, 0.3) is 0 Å². The van der Waals surface area contributed by atoms with Gasteiger partial charge in [-0.2, -0.15) is 5.10 Å². The molecule has 0 aliphatic heterocycles. The zero-order chi connectivity index (χ0) is 14.6. The van der Waals surface area contributed by atoms with Crippen LogP contribution in [0.1, 0.15) is 50.6 Å². The Labute approximate surface area is 116 Å². The number of aromatic nitrogens is 2. The maximum atomic E-state index is 12.2. The Morgan fingerprint density at radius 2 is 2.00 bits per heavy atom. The third-order valence-corrected chi connectivity index (χ3v) is 3.41. The van der Waals surface area contributed by atoms with Gasteiger partial charge in [-0.15, -0.1) is 0 Å². The standard InChI is InChI=1S/C15H27N3O/c1-7-8-15(19)18(9-11(2)3)10-14-12(4)16-17(6)13(14)5/h11H,7-10H2,1-6H3. The summed E-state index contributed by atoms with van der Waals surface area (Å²) in [4.78, 5) is 14.2. The lowest BCUT2D eigenvalue weighted by Crippen LogP contribution is -2.33. The van der Waals surface area contributed by atoms with E-state index in [1.807, 2.05) is 30.5 Å². The highest BCUT2D eigenvalue weighted by atomic mass is 16.2. The predicted molar refractivity (Wildman–Crippen MR) is 77.8 cm³/mol. The van der Waals surface area contributed by atoms with E-state index in [0.29, 0.717) is 18.9 Å². The molecule has 1 heterocycles. The molecule has 4 heteroatoms. The fourth-order valence-electron chi connectivity index (χ4n) is 2.30. The van der Waals surface area contributed by atoms with E-state index in [1.165, 1.54) is 5.56 Å². The summed E-state index contributed by atoms with van der Waals surface area (Å²) in [6.07, 6.45) is 1.53. The fraction of sp³-hybridized carbons (Fsp3) is 0.733. The summed E-state index contributed by atoms with van der Waals surface area (Å²) in [5, 5.41) is 4.43. The topological polar surface area (TPSA) is 38.1 Å². The molecule has 1 rings (SSSR count). The zero-order valence-corrected chi connectivity index (χ0v) is 13.2. The summed E-state index contributed by atoms with van der Waals surface area (Å²) >= 11 is 0. The molecule has 0 aromatic carbocycles. The predicted octanol–water partition coefficient (Wildman–Crippen LogP) is 2.82. The number of amides is 1.